The van der Waals surface area contributed by atoms with Crippen LogP contribution in [0.15, 0.2) is 12.4 Å². The third-order valence-electron chi connectivity index (χ3n) is 2.94. The van der Waals surface area contributed by atoms with Crippen LogP contribution >= 0.6 is 0 Å². The predicted octanol–water partition coefficient (Wildman–Crippen LogP) is 1.78. The Balaban J connectivity index is 2.12. The summed E-state index contributed by atoms with van der Waals surface area (Å²) in [6.07, 6.45) is 6.21. The van der Waals surface area contributed by atoms with Gasteiger partial charge < -0.3 is 10.4 Å². The molecule has 0 amide bonds. The summed E-state index contributed by atoms with van der Waals surface area (Å²) >= 11 is 0. The highest BCUT2D eigenvalue weighted by molar-refractivity contribution is 5.90. The van der Waals surface area contributed by atoms with E-state index in [2.05, 4.69) is 22.2 Å². The largest absolute Gasteiger partial charge is 0.476 e. The average Bonchev–Trinajstić information content (AvgIpc) is 2.64. The summed E-state index contributed by atoms with van der Waals surface area (Å²) in [5, 5.41) is 12.1. The van der Waals surface area contributed by atoms with E-state index in [9.17, 15) is 4.79 Å². The van der Waals surface area contributed by atoms with Crippen LogP contribution < -0.4 is 5.32 Å². The number of anilines is 1. The zero-order chi connectivity index (χ0) is 11.5. The minimum atomic E-state index is -1.04. The standard InChI is InChI=1S/C11H15N3O2/c1-7-2-3-8(6-7)14-10-9(11(15)16)12-4-5-13-10/h4-5,7-8H,2-3,6H2,1H3,(H,13,14)(H,15,16). The van der Waals surface area contributed by atoms with Crippen LogP contribution in [0.3, 0.4) is 0 Å². The highest BCUT2D eigenvalue weighted by Gasteiger charge is 2.23. The molecule has 1 aliphatic carbocycles. The third-order valence-corrected chi connectivity index (χ3v) is 2.94. The lowest BCUT2D eigenvalue weighted by Gasteiger charge is -2.13. The van der Waals surface area contributed by atoms with Crippen LogP contribution in [0.4, 0.5) is 5.82 Å². The van der Waals surface area contributed by atoms with E-state index in [0.717, 1.165) is 12.8 Å². The molecule has 0 saturated heterocycles. The minimum absolute atomic E-state index is 0.00190. The van der Waals surface area contributed by atoms with Crippen molar-refractivity contribution in [1.82, 2.24) is 9.97 Å². The molecule has 86 valence electrons. The third kappa shape index (κ3) is 2.29. The first-order chi connectivity index (χ1) is 7.66. The van der Waals surface area contributed by atoms with Gasteiger partial charge >= 0.3 is 5.97 Å². The molecule has 1 fully saturated rings. The summed E-state index contributed by atoms with van der Waals surface area (Å²) in [4.78, 5) is 18.8. The molecule has 5 nitrogen and oxygen atoms in total. The van der Waals surface area contributed by atoms with Crippen LogP contribution in [0.2, 0.25) is 0 Å². The monoisotopic (exact) mass is 221 g/mol. The molecular weight excluding hydrogens is 206 g/mol. The average molecular weight is 221 g/mol. The fourth-order valence-corrected chi connectivity index (χ4v) is 2.13. The first-order valence-corrected chi connectivity index (χ1v) is 5.47. The fourth-order valence-electron chi connectivity index (χ4n) is 2.13. The Morgan fingerprint density at radius 2 is 2.19 bits per heavy atom. The number of nitrogens with one attached hydrogen (secondary N) is 1. The number of rotatable bonds is 3. The first kappa shape index (κ1) is 10.9. The summed E-state index contributed by atoms with van der Waals surface area (Å²) < 4.78 is 0. The van der Waals surface area contributed by atoms with Crippen LogP contribution in [-0.4, -0.2) is 27.1 Å². The van der Waals surface area contributed by atoms with Gasteiger partial charge in [0.15, 0.2) is 11.5 Å². The van der Waals surface area contributed by atoms with Gasteiger partial charge in [0.25, 0.3) is 0 Å². The van der Waals surface area contributed by atoms with Gasteiger partial charge in [-0.1, -0.05) is 6.92 Å². The molecule has 2 rings (SSSR count). The van der Waals surface area contributed by atoms with Crippen LogP contribution in [0.1, 0.15) is 36.7 Å². The molecule has 2 atom stereocenters. The molecule has 0 aliphatic heterocycles. The molecule has 1 aliphatic rings. The van der Waals surface area contributed by atoms with E-state index in [1.165, 1.54) is 18.8 Å². The van der Waals surface area contributed by atoms with Gasteiger partial charge in [-0.3, -0.25) is 0 Å². The maximum atomic E-state index is 10.9. The number of hydrogen-bond acceptors (Lipinski definition) is 4. The topological polar surface area (TPSA) is 75.1 Å². The minimum Gasteiger partial charge on any atom is -0.476 e. The number of carbonyl (C=O) groups is 1. The fraction of sp³-hybridized carbons (Fsp3) is 0.545. The van der Waals surface area contributed by atoms with Crippen molar-refractivity contribution in [2.45, 2.75) is 32.2 Å². The van der Waals surface area contributed by atoms with Crippen molar-refractivity contribution in [2.75, 3.05) is 5.32 Å². The molecule has 1 heterocycles. The number of nitrogens with zero attached hydrogens (tertiary/aromatic N) is 2. The summed E-state index contributed by atoms with van der Waals surface area (Å²) in [6.45, 7) is 2.20. The van der Waals surface area contributed by atoms with Gasteiger partial charge in [0, 0.05) is 18.4 Å². The van der Waals surface area contributed by atoms with E-state index >= 15 is 0 Å². The highest BCUT2D eigenvalue weighted by atomic mass is 16.4. The summed E-state index contributed by atoms with van der Waals surface area (Å²) in [5.74, 6) is 0.0400. The second-order valence-corrected chi connectivity index (χ2v) is 4.32. The first-order valence-electron chi connectivity index (χ1n) is 5.47. The quantitative estimate of drug-likeness (QED) is 0.813. The zero-order valence-electron chi connectivity index (χ0n) is 9.18. The van der Waals surface area contributed by atoms with Crippen molar-refractivity contribution in [1.29, 1.82) is 0 Å². The molecule has 0 radical (unpaired) electrons. The lowest BCUT2D eigenvalue weighted by atomic mass is 10.1. The normalized spacial score (nSPS) is 24.3. The maximum Gasteiger partial charge on any atom is 0.358 e. The summed E-state index contributed by atoms with van der Waals surface area (Å²) in [6, 6.07) is 0.324. The van der Waals surface area contributed by atoms with Crippen LogP contribution in [-0.2, 0) is 0 Å². The summed E-state index contributed by atoms with van der Waals surface area (Å²) in [7, 11) is 0. The number of aromatic carboxylic acids is 1. The lowest BCUT2D eigenvalue weighted by molar-refractivity contribution is 0.0691. The number of carboxylic acid groups (broad SMARTS) is 1. The van der Waals surface area contributed by atoms with Crippen molar-refractivity contribution in [2.24, 2.45) is 5.92 Å². The van der Waals surface area contributed by atoms with Gasteiger partial charge in [0.2, 0.25) is 0 Å². The van der Waals surface area contributed by atoms with Crippen molar-refractivity contribution in [3.05, 3.63) is 18.1 Å². The van der Waals surface area contributed by atoms with Gasteiger partial charge in [0.05, 0.1) is 0 Å². The second kappa shape index (κ2) is 4.47. The van der Waals surface area contributed by atoms with E-state index < -0.39 is 5.97 Å². The van der Waals surface area contributed by atoms with Crippen LogP contribution in [0, 0.1) is 5.92 Å². The summed E-state index contributed by atoms with van der Waals surface area (Å²) in [5.41, 5.74) is 0.00190. The Morgan fingerprint density at radius 1 is 1.44 bits per heavy atom. The second-order valence-electron chi connectivity index (χ2n) is 4.32. The van der Waals surface area contributed by atoms with Crippen molar-refractivity contribution >= 4 is 11.8 Å². The van der Waals surface area contributed by atoms with E-state index in [-0.39, 0.29) is 5.69 Å². The van der Waals surface area contributed by atoms with Gasteiger partial charge in [-0.15, -0.1) is 0 Å². The van der Waals surface area contributed by atoms with Crippen molar-refractivity contribution in [3.63, 3.8) is 0 Å². The lowest BCUT2D eigenvalue weighted by Crippen LogP contribution is -2.19. The van der Waals surface area contributed by atoms with Gasteiger partial charge in [-0.2, -0.15) is 0 Å². The Kier molecular flexibility index (Phi) is 3.03. The molecule has 2 unspecified atom stereocenters. The van der Waals surface area contributed by atoms with Crippen LogP contribution in [0.25, 0.3) is 0 Å². The maximum absolute atomic E-state index is 10.9. The van der Waals surface area contributed by atoms with Gasteiger partial charge in [-0.25, -0.2) is 14.8 Å². The van der Waals surface area contributed by atoms with E-state index in [4.69, 9.17) is 5.11 Å². The van der Waals surface area contributed by atoms with E-state index in [1.54, 1.807) is 0 Å². The molecule has 0 aromatic carbocycles. The number of carboxylic acids is 1. The molecule has 5 heteroatoms. The Morgan fingerprint density at radius 3 is 2.81 bits per heavy atom. The Hall–Kier alpha value is -1.65. The highest BCUT2D eigenvalue weighted by Crippen LogP contribution is 2.27. The molecule has 1 aromatic rings. The molecule has 2 N–H and O–H groups in total. The van der Waals surface area contributed by atoms with Crippen LogP contribution in [0.5, 0.6) is 0 Å². The molecule has 0 bridgehead atoms. The van der Waals surface area contributed by atoms with Crippen molar-refractivity contribution in [3.8, 4) is 0 Å². The SMILES string of the molecule is CC1CCC(Nc2nccnc2C(=O)O)C1. The Labute approximate surface area is 93.9 Å². The number of hydrogen-bond donors (Lipinski definition) is 2. The van der Waals surface area contributed by atoms with E-state index in [0.29, 0.717) is 17.8 Å². The van der Waals surface area contributed by atoms with Gasteiger partial charge in [-0.05, 0) is 25.2 Å². The van der Waals surface area contributed by atoms with Crippen molar-refractivity contribution < 1.29 is 9.90 Å². The van der Waals surface area contributed by atoms with E-state index in [1.807, 2.05) is 0 Å². The molecule has 1 saturated carbocycles. The Bertz CT molecular complexity index is 395. The molecule has 1 aromatic heterocycles. The zero-order valence-corrected chi connectivity index (χ0v) is 9.18. The van der Waals surface area contributed by atoms with Gasteiger partial charge in [0.1, 0.15) is 0 Å². The number of aromatic nitrogens is 2. The smallest absolute Gasteiger partial charge is 0.358 e. The molecule has 0 spiro atoms. The molecular formula is C11H15N3O2. The predicted molar refractivity (Wildman–Crippen MR) is 59.4 cm³/mol. The molecule has 16 heavy (non-hydrogen) atoms.